The third-order valence-corrected chi connectivity index (χ3v) is 5.47. The molecule has 0 saturated heterocycles. The highest BCUT2D eigenvalue weighted by Crippen LogP contribution is 2.13. The average molecular weight is 416 g/mol. The van der Waals surface area contributed by atoms with Crippen molar-refractivity contribution in [2.24, 2.45) is 0 Å². The molecule has 32 heavy (non-hydrogen) atoms. The first-order chi connectivity index (χ1) is 15.7. The van der Waals surface area contributed by atoms with Crippen molar-refractivity contribution in [3.63, 3.8) is 0 Å². The summed E-state index contributed by atoms with van der Waals surface area (Å²) in [4.78, 5) is 0. The van der Waals surface area contributed by atoms with E-state index in [1.54, 1.807) is 12.1 Å². The van der Waals surface area contributed by atoms with Crippen molar-refractivity contribution < 1.29 is 0 Å². The summed E-state index contributed by atoms with van der Waals surface area (Å²) in [5, 5.41) is 8.91. The van der Waals surface area contributed by atoms with Gasteiger partial charge >= 0.3 is 0 Å². The van der Waals surface area contributed by atoms with Gasteiger partial charge in [0.05, 0.1) is 11.6 Å². The number of hydrogen-bond donors (Lipinski definition) is 0. The Kier molecular flexibility index (Phi) is 8.75. The summed E-state index contributed by atoms with van der Waals surface area (Å²) in [6, 6.07) is 24.4. The summed E-state index contributed by atoms with van der Waals surface area (Å²) >= 11 is 0. The highest BCUT2D eigenvalue weighted by Gasteiger charge is 2.00. The van der Waals surface area contributed by atoms with Crippen LogP contribution in [0.4, 0.5) is 0 Å². The van der Waals surface area contributed by atoms with E-state index in [-0.39, 0.29) is 0 Å². The Labute approximate surface area is 193 Å². The number of hydrogen-bond acceptors (Lipinski definition) is 1. The van der Waals surface area contributed by atoms with Gasteiger partial charge in [0.15, 0.2) is 0 Å². The maximum absolute atomic E-state index is 8.91. The molecule has 0 N–H and O–H groups in total. The molecule has 1 heteroatoms. The molecule has 3 rings (SSSR count). The molecule has 0 unspecified atom stereocenters. The fourth-order valence-electron chi connectivity index (χ4n) is 3.51. The zero-order chi connectivity index (χ0) is 22.6. The fourth-order valence-corrected chi connectivity index (χ4v) is 3.51. The normalized spacial score (nSPS) is 9.78. The SMILES string of the molecule is CCCCCCc1ccc(C#Cc2ccc(C#Cc3ccc(C#N)cc3)c(CC)c2)cc1. The van der Waals surface area contributed by atoms with Crippen molar-refractivity contribution in [3.8, 4) is 29.8 Å². The molecule has 3 aromatic rings. The number of rotatable bonds is 6. The lowest BCUT2D eigenvalue weighted by Gasteiger charge is -2.03. The highest BCUT2D eigenvalue weighted by molar-refractivity contribution is 5.52. The molecule has 1 nitrogen and oxygen atoms in total. The standard InChI is InChI=1S/C31H29N/c1-3-5-6-7-8-25-9-11-26(12-10-25)13-16-28-20-22-31(30(4-2)23-28)21-19-27-14-17-29(24-32)18-15-27/h9-12,14-15,17-18,20,22-23H,3-8H2,1-2H3. The number of aryl methyl sites for hydroxylation is 2. The molecule has 0 amide bonds. The van der Waals surface area contributed by atoms with Crippen LogP contribution in [-0.2, 0) is 12.8 Å². The van der Waals surface area contributed by atoms with E-state index in [2.05, 4.69) is 80.0 Å². The molecule has 3 aromatic carbocycles. The van der Waals surface area contributed by atoms with E-state index in [0.717, 1.165) is 35.1 Å². The van der Waals surface area contributed by atoms with Crippen LogP contribution in [0.25, 0.3) is 0 Å². The molecule has 0 atom stereocenters. The summed E-state index contributed by atoms with van der Waals surface area (Å²) in [5.41, 5.74) is 7.22. The van der Waals surface area contributed by atoms with Crippen LogP contribution >= 0.6 is 0 Å². The molecule has 0 aromatic heterocycles. The maximum Gasteiger partial charge on any atom is 0.0991 e. The second-order valence-electron chi connectivity index (χ2n) is 7.92. The van der Waals surface area contributed by atoms with Gasteiger partial charge in [-0.15, -0.1) is 0 Å². The summed E-state index contributed by atoms with van der Waals surface area (Å²) in [6.45, 7) is 4.38. The first-order valence-corrected chi connectivity index (χ1v) is 11.5. The molecule has 158 valence electrons. The Morgan fingerprint density at radius 1 is 0.625 bits per heavy atom. The van der Waals surface area contributed by atoms with Crippen molar-refractivity contribution in [3.05, 3.63) is 106 Å². The minimum absolute atomic E-state index is 0.648. The quantitative estimate of drug-likeness (QED) is 0.313. The molecular weight excluding hydrogens is 386 g/mol. The zero-order valence-corrected chi connectivity index (χ0v) is 19.0. The minimum Gasteiger partial charge on any atom is -0.192 e. The van der Waals surface area contributed by atoms with Gasteiger partial charge in [-0.05, 0) is 85.0 Å². The zero-order valence-electron chi connectivity index (χ0n) is 19.0. The van der Waals surface area contributed by atoms with Crippen molar-refractivity contribution in [1.29, 1.82) is 5.26 Å². The van der Waals surface area contributed by atoms with Crippen molar-refractivity contribution in [2.45, 2.75) is 52.4 Å². The Morgan fingerprint density at radius 3 is 1.88 bits per heavy atom. The molecule has 0 aliphatic heterocycles. The van der Waals surface area contributed by atoms with Crippen LogP contribution in [0.1, 0.15) is 78.5 Å². The van der Waals surface area contributed by atoms with E-state index in [1.807, 2.05) is 18.2 Å². The van der Waals surface area contributed by atoms with Crippen LogP contribution < -0.4 is 0 Å². The number of nitriles is 1. The third-order valence-electron chi connectivity index (χ3n) is 5.47. The number of unbranched alkanes of at least 4 members (excludes halogenated alkanes) is 3. The van der Waals surface area contributed by atoms with Crippen molar-refractivity contribution in [2.75, 3.05) is 0 Å². The van der Waals surface area contributed by atoms with E-state index < -0.39 is 0 Å². The Hall–Kier alpha value is -3.73. The maximum atomic E-state index is 8.91. The molecule has 0 spiro atoms. The predicted octanol–water partition coefficient (Wildman–Crippen LogP) is 7.04. The Bertz CT molecular complexity index is 1180. The summed E-state index contributed by atoms with van der Waals surface area (Å²) in [5.74, 6) is 13.1. The first-order valence-electron chi connectivity index (χ1n) is 11.5. The van der Waals surface area contributed by atoms with E-state index >= 15 is 0 Å². The molecule has 0 heterocycles. The number of nitrogens with zero attached hydrogens (tertiary/aromatic N) is 1. The van der Waals surface area contributed by atoms with E-state index in [4.69, 9.17) is 5.26 Å². The molecular formula is C31H29N. The second kappa shape index (κ2) is 12.2. The molecule has 0 aliphatic rings. The Morgan fingerprint density at radius 2 is 1.22 bits per heavy atom. The third kappa shape index (κ3) is 6.91. The number of benzene rings is 3. The van der Waals surface area contributed by atoms with Gasteiger partial charge in [-0.25, -0.2) is 0 Å². The van der Waals surface area contributed by atoms with Gasteiger partial charge in [-0.3, -0.25) is 0 Å². The highest BCUT2D eigenvalue weighted by atomic mass is 14.2. The van der Waals surface area contributed by atoms with Crippen molar-refractivity contribution in [1.82, 2.24) is 0 Å². The first kappa shape index (κ1) is 22.9. The van der Waals surface area contributed by atoms with Gasteiger partial charge in [-0.2, -0.15) is 5.26 Å². The molecule has 0 radical (unpaired) electrons. The van der Waals surface area contributed by atoms with E-state index in [1.165, 1.54) is 36.8 Å². The Balaban J connectivity index is 1.68. The smallest absolute Gasteiger partial charge is 0.0991 e. The van der Waals surface area contributed by atoms with Gasteiger partial charge in [0, 0.05) is 22.3 Å². The lowest BCUT2D eigenvalue weighted by Crippen LogP contribution is -1.90. The minimum atomic E-state index is 0.648. The topological polar surface area (TPSA) is 23.8 Å². The average Bonchev–Trinajstić information content (AvgIpc) is 2.85. The molecule has 0 saturated carbocycles. The monoisotopic (exact) mass is 415 g/mol. The fraction of sp³-hybridized carbons (Fsp3) is 0.258. The predicted molar refractivity (Wildman–Crippen MR) is 133 cm³/mol. The lowest BCUT2D eigenvalue weighted by molar-refractivity contribution is 0.667. The van der Waals surface area contributed by atoms with Gasteiger partial charge in [0.1, 0.15) is 0 Å². The van der Waals surface area contributed by atoms with Gasteiger partial charge in [0.25, 0.3) is 0 Å². The van der Waals surface area contributed by atoms with Gasteiger partial charge in [0.2, 0.25) is 0 Å². The second-order valence-corrected chi connectivity index (χ2v) is 7.92. The van der Waals surface area contributed by atoms with Crippen LogP contribution in [0, 0.1) is 35.0 Å². The van der Waals surface area contributed by atoms with Crippen LogP contribution in [0.3, 0.4) is 0 Å². The van der Waals surface area contributed by atoms with E-state index in [9.17, 15) is 0 Å². The van der Waals surface area contributed by atoms with Crippen LogP contribution in [0.2, 0.25) is 0 Å². The van der Waals surface area contributed by atoms with Crippen LogP contribution in [-0.4, -0.2) is 0 Å². The molecule has 0 aliphatic carbocycles. The van der Waals surface area contributed by atoms with Crippen molar-refractivity contribution >= 4 is 0 Å². The largest absolute Gasteiger partial charge is 0.192 e. The molecule has 0 fully saturated rings. The van der Waals surface area contributed by atoms with Crippen LogP contribution in [0.15, 0.2) is 66.7 Å². The van der Waals surface area contributed by atoms with Crippen LogP contribution in [0.5, 0.6) is 0 Å². The lowest BCUT2D eigenvalue weighted by atomic mass is 10.0. The summed E-state index contributed by atoms with van der Waals surface area (Å²) < 4.78 is 0. The summed E-state index contributed by atoms with van der Waals surface area (Å²) in [6.07, 6.45) is 7.23. The van der Waals surface area contributed by atoms with E-state index in [0.29, 0.717) is 5.56 Å². The summed E-state index contributed by atoms with van der Waals surface area (Å²) in [7, 11) is 0. The van der Waals surface area contributed by atoms with Gasteiger partial charge < -0.3 is 0 Å². The van der Waals surface area contributed by atoms with Gasteiger partial charge in [-0.1, -0.05) is 68.9 Å². The molecule has 0 bridgehead atoms.